The van der Waals surface area contributed by atoms with Crippen LogP contribution in [0.25, 0.3) is 0 Å². The third kappa shape index (κ3) is 7.18. The first-order valence-electron chi connectivity index (χ1n) is 17.4. The van der Waals surface area contributed by atoms with Gasteiger partial charge in [0.2, 0.25) is 0 Å². The summed E-state index contributed by atoms with van der Waals surface area (Å²) in [6, 6.07) is 24.5. The maximum atomic E-state index is 15.2. The van der Waals surface area contributed by atoms with Gasteiger partial charge in [0.25, 0.3) is 0 Å². The molecule has 0 N–H and O–H groups in total. The van der Waals surface area contributed by atoms with Gasteiger partial charge in [-0.15, -0.1) is 0 Å². The van der Waals surface area contributed by atoms with E-state index in [9.17, 15) is 0 Å². The molecule has 254 valence electrons. The lowest BCUT2D eigenvalue weighted by atomic mass is 9.49. The van der Waals surface area contributed by atoms with Crippen LogP contribution < -0.4 is 14.2 Å². The summed E-state index contributed by atoms with van der Waals surface area (Å²) < 4.78 is 27.6. The zero-order chi connectivity index (χ0) is 33.8. The van der Waals surface area contributed by atoms with Gasteiger partial charge in [-0.1, -0.05) is 36.4 Å². The van der Waals surface area contributed by atoms with Crippen LogP contribution >= 0.6 is 10.3 Å². The number of hydrogen-bond acceptors (Lipinski definition) is 5. The molecule has 4 fully saturated rings. The first kappa shape index (κ1) is 33.8. The highest BCUT2D eigenvalue weighted by molar-refractivity contribution is 8.30. The van der Waals surface area contributed by atoms with Crippen molar-refractivity contribution in [3.05, 3.63) is 72.8 Å². The summed E-state index contributed by atoms with van der Waals surface area (Å²) in [4.78, 5) is 17.8. The predicted octanol–water partition coefficient (Wildman–Crippen LogP) is 11.2. The van der Waals surface area contributed by atoms with Crippen molar-refractivity contribution in [2.75, 3.05) is 0 Å². The number of carbonyl (C=O) groups excluding carboxylic acids is 1. The molecule has 4 saturated carbocycles. The maximum Gasteiger partial charge on any atom is 0.323 e. The van der Waals surface area contributed by atoms with Crippen LogP contribution in [0.1, 0.15) is 101 Å². The van der Waals surface area contributed by atoms with Gasteiger partial charge in [-0.2, -0.15) is 0 Å². The van der Waals surface area contributed by atoms with Crippen LogP contribution in [-0.2, 0) is 8.98 Å². The largest absolute Gasteiger partial charge is 0.488 e. The molecule has 0 spiro atoms. The lowest BCUT2D eigenvalue weighted by molar-refractivity contribution is -0.160. The van der Waals surface area contributed by atoms with Gasteiger partial charge in [0.05, 0.1) is 5.41 Å². The van der Waals surface area contributed by atoms with Crippen LogP contribution in [0.15, 0.2) is 87.5 Å². The van der Waals surface area contributed by atoms with E-state index in [4.69, 9.17) is 18.4 Å². The summed E-state index contributed by atoms with van der Waals surface area (Å²) in [6.45, 7) is 18.4. The first-order chi connectivity index (χ1) is 21.9. The van der Waals surface area contributed by atoms with Crippen molar-refractivity contribution in [2.45, 2.75) is 132 Å². The lowest BCUT2D eigenvalue weighted by Gasteiger charge is -2.56. The fraction of sp³-hybridized carbons (Fsp3) is 0.537. The molecule has 5 nitrogen and oxygen atoms in total. The minimum absolute atomic E-state index is 0.0715. The van der Waals surface area contributed by atoms with Gasteiger partial charge in [-0.05, 0) is 143 Å². The van der Waals surface area contributed by atoms with Crippen molar-refractivity contribution in [3.63, 3.8) is 0 Å². The zero-order valence-electron chi connectivity index (χ0n) is 29.9. The van der Waals surface area contributed by atoms with Crippen LogP contribution in [0, 0.1) is 23.2 Å². The van der Waals surface area contributed by atoms with Gasteiger partial charge in [0.1, 0.15) is 38.9 Å². The van der Waals surface area contributed by atoms with Crippen molar-refractivity contribution >= 4 is 16.3 Å². The van der Waals surface area contributed by atoms with E-state index in [0.717, 1.165) is 33.9 Å². The summed E-state index contributed by atoms with van der Waals surface area (Å²) in [5.74, 6) is 3.60. The van der Waals surface area contributed by atoms with E-state index >= 15 is 4.79 Å². The molecule has 6 heteroatoms. The third-order valence-corrected chi connectivity index (χ3v) is 12.6. The Morgan fingerprint density at radius 3 is 1.36 bits per heavy atom. The predicted molar refractivity (Wildman–Crippen MR) is 190 cm³/mol. The molecule has 47 heavy (non-hydrogen) atoms. The molecule has 3 aromatic carbocycles. The van der Waals surface area contributed by atoms with Gasteiger partial charge < -0.3 is 18.4 Å². The Morgan fingerprint density at radius 1 is 0.617 bits per heavy atom. The quantitative estimate of drug-likeness (QED) is 0.241. The highest BCUT2D eigenvalue weighted by Gasteiger charge is 2.57. The Kier molecular flexibility index (Phi) is 8.68. The smallest absolute Gasteiger partial charge is 0.323 e. The number of rotatable bonds is 8. The Morgan fingerprint density at radius 2 is 1.00 bits per heavy atom. The molecule has 0 heterocycles. The van der Waals surface area contributed by atoms with E-state index in [1.807, 2.05) is 111 Å². The van der Waals surface area contributed by atoms with Crippen LogP contribution in [0.4, 0.5) is 0 Å². The molecule has 0 amide bonds. The maximum absolute atomic E-state index is 15.2. The standard InChI is InChI=1S/C41H54O5S/c1-38(2,3)43-31-23-34(44-39(4,5)6)36(35(24-31)45-40(7,8)9)47(32-16-12-10-13-17-32,33-18-14-11-15-19-33)46-37(42)41-25-28-20-29(26-41)22-30(21-28)27-41/h10-19,23-24,28-30H,20-22,25-27H2,1-9H3. The molecule has 0 radical (unpaired) electrons. The number of ether oxygens (including phenoxy) is 3. The van der Waals surface area contributed by atoms with Crippen LogP contribution in [0.2, 0.25) is 0 Å². The Hall–Kier alpha value is -3.12. The van der Waals surface area contributed by atoms with Crippen molar-refractivity contribution in [1.29, 1.82) is 0 Å². The summed E-state index contributed by atoms with van der Waals surface area (Å²) >= 11 is 0. The monoisotopic (exact) mass is 658 g/mol. The molecular weight excluding hydrogens is 605 g/mol. The van der Waals surface area contributed by atoms with Crippen molar-refractivity contribution in [1.82, 2.24) is 0 Å². The van der Waals surface area contributed by atoms with E-state index in [1.165, 1.54) is 19.3 Å². The molecule has 4 aliphatic carbocycles. The minimum atomic E-state index is -2.75. The van der Waals surface area contributed by atoms with Crippen LogP contribution in [0.5, 0.6) is 17.2 Å². The molecule has 4 bridgehead atoms. The van der Waals surface area contributed by atoms with Gasteiger partial charge in [-0.25, -0.2) is 0 Å². The van der Waals surface area contributed by atoms with E-state index in [1.54, 1.807) is 0 Å². The fourth-order valence-electron chi connectivity index (χ4n) is 8.36. The lowest BCUT2D eigenvalue weighted by Crippen LogP contribution is -2.50. The summed E-state index contributed by atoms with van der Waals surface area (Å²) in [6.07, 6.45) is 6.53. The van der Waals surface area contributed by atoms with Crippen molar-refractivity contribution in [2.24, 2.45) is 23.2 Å². The molecule has 0 saturated heterocycles. The Labute approximate surface area is 284 Å². The van der Waals surface area contributed by atoms with Gasteiger partial charge >= 0.3 is 5.97 Å². The Bertz CT molecular complexity index is 1460. The van der Waals surface area contributed by atoms with Gasteiger partial charge in [0.15, 0.2) is 0 Å². The van der Waals surface area contributed by atoms with E-state index in [2.05, 4.69) is 24.3 Å². The van der Waals surface area contributed by atoms with Crippen LogP contribution in [-0.4, -0.2) is 22.8 Å². The number of benzene rings is 3. The zero-order valence-corrected chi connectivity index (χ0v) is 30.7. The molecule has 0 atom stereocenters. The molecule has 0 aromatic heterocycles. The van der Waals surface area contributed by atoms with Gasteiger partial charge in [-0.3, -0.25) is 4.79 Å². The average molecular weight is 659 g/mol. The van der Waals surface area contributed by atoms with Crippen molar-refractivity contribution in [3.8, 4) is 17.2 Å². The summed E-state index contributed by atoms with van der Waals surface area (Å²) in [7, 11) is -2.75. The Balaban J connectivity index is 1.66. The molecule has 3 aromatic rings. The van der Waals surface area contributed by atoms with Crippen molar-refractivity contribution < 1.29 is 23.2 Å². The second-order valence-electron chi connectivity index (χ2n) is 17.1. The molecule has 0 unspecified atom stereocenters. The third-order valence-electron chi connectivity index (χ3n) is 9.36. The SMILES string of the molecule is CC(C)(C)Oc1cc(OC(C)(C)C)c(S(OC(=O)C23CC4CC(CC(C4)C2)C3)(c2ccccc2)c2ccccc2)c(OC(C)(C)C)c1. The van der Waals surface area contributed by atoms with E-state index in [0.29, 0.717) is 35.0 Å². The fourth-order valence-corrected chi connectivity index (χ4v) is 11.6. The van der Waals surface area contributed by atoms with Crippen LogP contribution in [0.3, 0.4) is 0 Å². The summed E-state index contributed by atoms with van der Waals surface area (Å²) in [5.41, 5.74) is -2.03. The average Bonchev–Trinajstić information content (AvgIpc) is 2.94. The molecule has 4 aliphatic rings. The normalized spacial score (nSPS) is 24.5. The number of hydrogen-bond donors (Lipinski definition) is 0. The van der Waals surface area contributed by atoms with E-state index in [-0.39, 0.29) is 5.97 Å². The highest BCUT2D eigenvalue weighted by Crippen LogP contribution is 2.75. The second kappa shape index (κ2) is 12.1. The molecule has 0 aliphatic heterocycles. The first-order valence-corrected chi connectivity index (χ1v) is 18.9. The minimum Gasteiger partial charge on any atom is -0.488 e. The molecular formula is C41H54O5S. The molecule has 7 rings (SSSR count). The summed E-state index contributed by atoms with van der Waals surface area (Å²) in [5, 5.41) is 0. The number of carbonyl (C=O) groups is 1. The van der Waals surface area contributed by atoms with Gasteiger partial charge in [0, 0.05) is 32.2 Å². The van der Waals surface area contributed by atoms with E-state index < -0.39 is 32.5 Å². The topological polar surface area (TPSA) is 54.0 Å². The second-order valence-corrected chi connectivity index (χ2v) is 19.8. The highest BCUT2D eigenvalue weighted by atomic mass is 32.3.